The number of ether oxygens (including phenoxy) is 2. The van der Waals surface area contributed by atoms with Crippen molar-refractivity contribution in [1.29, 1.82) is 0 Å². The van der Waals surface area contributed by atoms with Crippen LogP contribution in [0.3, 0.4) is 0 Å². The van der Waals surface area contributed by atoms with Crippen LogP contribution >= 0.6 is 0 Å². The Kier molecular flexibility index (Phi) is 6.36. The van der Waals surface area contributed by atoms with E-state index in [4.69, 9.17) is 9.47 Å². The van der Waals surface area contributed by atoms with Gasteiger partial charge in [-0.1, -0.05) is 0 Å². The number of carbonyl (C=O) groups is 1. The summed E-state index contributed by atoms with van der Waals surface area (Å²) in [6.45, 7) is 3.04. The van der Waals surface area contributed by atoms with E-state index in [-0.39, 0.29) is 5.97 Å². The highest BCUT2D eigenvalue weighted by Gasteiger charge is 2.14. The minimum Gasteiger partial charge on any atom is -0.463 e. The number of nitrogens with one attached hydrogen (secondary N) is 1. The summed E-state index contributed by atoms with van der Waals surface area (Å²) < 4.78 is 9.80. The van der Waals surface area contributed by atoms with Gasteiger partial charge in [0.2, 0.25) is 0 Å². The molecule has 0 bridgehead atoms. The van der Waals surface area contributed by atoms with Gasteiger partial charge in [0.1, 0.15) is 6.61 Å². The molecule has 4 heteroatoms. The van der Waals surface area contributed by atoms with E-state index in [0.717, 1.165) is 19.5 Å². The van der Waals surface area contributed by atoms with Crippen molar-refractivity contribution < 1.29 is 14.3 Å². The van der Waals surface area contributed by atoms with Crippen molar-refractivity contribution in [3.05, 3.63) is 0 Å². The van der Waals surface area contributed by atoms with Crippen LogP contribution in [0.2, 0.25) is 0 Å². The lowest BCUT2D eigenvalue weighted by atomic mass is 9.93. The smallest absolute Gasteiger partial charge is 0.305 e. The van der Waals surface area contributed by atoms with Crippen LogP contribution in [-0.2, 0) is 14.3 Å². The van der Waals surface area contributed by atoms with Gasteiger partial charge in [-0.05, 0) is 38.3 Å². The van der Waals surface area contributed by atoms with Crippen molar-refractivity contribution >= 4 is 5.97 Å². The Morgan fingerprint density at radius 1 is 1.33 bits per heavy atom. The molecule has 1 heterocycles. The van der Waals surface area contributed by atoms with Crippen LogP contribution in [0.1, 0.15) is 25.7 Å². The van der Waals surface area contributed by atoms with E-state index in [1.165, 1.54) is 12.8 Å². The zero-order valence-electron chi connectivity index (χ0n) is 9.46. The predicted molar refractivity (Wildman–Crippen MR) is 57.7 cm³/mol. The summed E-state index contributed by atoms with van der Waals surface area (Å²) in [5.41, 5.74) is 0. The average Bonchev–Trinajstić information content (AvgIpc) is 2.28. The van der Waals surface area contributed by atoms with Gasteiger partial charge in [-0.15, -0.1) is 0 Å². The predicted octanol–water partition coefficient (Wildman–Crippen LogP) is 0.956. The molecule has 0 aromatic rings. The van der Waals surface area contributed by atoms with Crippen LogP contribution in [-0.4, -0.2) is 39.4 Å². The first kappa shape index (κ1) is 12.5. The highest BCUT2D eigenvalue weighted by atomic mass is 16.6. The van der Waals surface area contributed by atoms with Crippen molar-refractivity contribution in [2.75, 3.05) is 33.4 Å². The molecule has 0 radical (unpaired) electrons. The fourth-order valence-electron chi connectivity index (χ4n) is 1.80. The molecule has 0 unspecified atom stereocenters. The first-order valence-electron chi connectivity index (χ1n) is 5.68. The lowest BCUT2D eigenvalue weighted by Crippen LogP contribution is -2.28. The number of methoxy groups -OCH3 is 1. The number of hydrogen-bond donors (Lipinski definition) is 1. The summed E-state index contributed by atoms with van der Waals surface area (Å²) in [4.78, 5) is 11.3. The topological polar surface area (TPSA) is 47.6 Å². The quantitative estimate of drug-likeness (QED) is 0.529. The third-order valence-corrected chi connectivity index (χ3v) is 2.77. The minimum atomic E-state index is -0.0921. The number of piperidine rings is 1. The molecule has 1 N–H and O–H groups in total. The molecule has 0 aromatic heterocycles. The van der Waals surface area contributed by atoms with Gasteiger partial charge in [0.05, 0.1) is 6.61 Å². The molecule has 0 atom stereocenters. The monoisotopic (exact) mass is 215 g/mol. The Hall–Kier alpha value is -0.610. The van der Waals surface area contributed by atoms with Crippen molar-refractivity contribution in [3.63, 3.8) is 0 Å². The number of esters is 1. The SMILES string of the molecule is COCCOC(=O)CCC1CCNCC1. The molecule has 0 aliphatic carbocycles. The molecule has 1 aliphatic rings. The first-order valence-corrected chi connectivity index (χ1v) is 5.68. The minimum absolute atomic E-state index is 0.0921. The Balaban J connectivity index is 2.00. The maximum atomic E-state index is 11.3. The van der Waals surface area contributed by atoms with Gasteiger partial charge in [-0.25, -0.2) is 0 Å². The second-order valence-corrected chi connectivity index (χ2v) is 3.95. The van der Waals surface area contributed by atoms with Gasteiger partial charge < -0.3 is 14.8 Å². The van der Waals surface area contributed by atoms with Gasteiger partial charge >= 0.3 is 5.97 Å². The van der Waals surface area contributed by atoms with Gasteiger partial charge in [-0.2, -0.15) is 0 Å². The van der Waals surface area contributed by atoms with Gasteiger partial charge in [-0.3, -0.25) is 4.79 Å². The number of hydrogen-bond acceptors (Lipinski definition) is 4. The number of carbonyl (C=O) groups excluding carboxylic acids is 1. The zero-order valence-corrected chi connectivity index (χ0v) is 9.46. The third-order valence-electron chi connectivity index (χ3n) is 2.77. The van der Waals surface area contributed by atoms with Crippen LogP contribution < -0.4 is 5.32 Å². The highest BCUT2D eigenvalue weighted by molar-refractivity contribution is 5.69. The Morgan fingerprint density at radius 2 is 2.07 bits per heavy atom. The maximum absolute atomic E-state index is 11.3. The van der Waals surface area contributed by atoms with Gasteiger partial charge in [0, 0.05) is 13.5 Å². The zero-order chi connectivity index (χ0) is 10.9. The summed E-state index contributed by atoms with van der Waals surface area (Å²) in [6.07, 6.45) is 3.89. The molecular weight excluding hydrogens is 194 g/mol. The summed E-state index contributed by atoms with van der Waals surface area (Å²) in [6, 6.07) is 0. The van der Waals surface area contributed by atoms with Crippen LogP contribution in [0.15, 0.2) is 0 Å². The van der Waals surface area contributed by atoms with E-state index in [1.54, 1.807) is 7.11 Å². The average molecular weight is 215 g/mol. The first-order chi connectivity index (χ1) is 7.33. The maximum Gasteiger partial charge on any atom is 0.305 e. The molecule has 1 fully saturated rings. The summed E-state index contributed by atoms with van der Waals surface area (Å²) in [5.74, 6) is 0.604. The molecule has 1 aliphatic heterocycles. The Morgan fingerprint density at radius 3 is 2.73 bits per heavy atom. The fourth-order valence-corrected chi connectivity index (χ4v) is 1.80. The van der Waals surface area contributed by atoms with Crippen LogP contribution in [0, 0.1) is 5.92 Å². The highest BCUT2D eigenvalue weighted by Crippen LogP contribution is 2.17. The van der Waals surface area contributed by atoms with E-state index >= 15 is 0 Å². The normalized spacial score (nSPS) is 17.7. The Bertz CT molecular complexity index is 179. The van der Waals surface area contributed by atoms with E-state index in [0.29, 0.717) is 25.6 Å². The second-order valence-electron chi connectivity index (χ2n) is 3.95. The second kappa shape index (κ2) is 7.65. The van der Waals surface area contributed by atoms with E-state index in [9.17, 15) is 4.79 Å². The fraction of sp³-hybridized carbons (Fsp3) is 0.909. The molecule has 0 saturated carbocycles. The van der Waals surface area contributed by atoms with Crippen molar-refractivity contribution in [2.45, 2.75) is 25.7 Å². The Labute approximate surface area is 91.3 Å². The third kappa shape index (κ3) is 5.74. The van der Waals surface area contributed by atoms with E-state index in [2.05, 4.69) is 5.32 Å². The molecule has 0 aromatic carbocycles. The van der Waals surface area contributed by atoms with Crippen molar-refractivity contribution in [1.82, 2.24) is 5.32 Å². The van der Waals surface area contributed by atoms with Crippen LogP contribution in [0.4, 0.5) is 0 Å². The van der Waals surface area contributed by atoms with Crippen LogP contribution in [0.25, 0.3) is 0 Å². The van der Waals surface area contributed by atoms with Gasteiger partial charge in [0.25, 0.3) is 0 Å². The molecule has 1 rings (SSSR count). The largest absolute Gasteiger partial charge is 0.463 e. The molecule has 0 amide bonds. The molecule has 1 saturated heterocycles. The summed E-state index contributed by atoms with van der Waals surface area (Å²) in [5, 5.41) is 3.31. The summed E-state index contributed by atoms with van der Waals surface area (Å²) in [7, 11) is 1.60. The molecule has 0 spiro atoms. The van der Waals surface area contributed by atoms with Crippen molar-refractivity contribution in [3.8, 4) is 0 Å². The summed E-state index contributed by atoms with van der Waals surface area (Å²) >= 11 is 0. The molecule has 88 valence electrons. The molecular formula is C11H21NO3. The van der Waals surface area contributed by atoms with E-state index in [1.807, 2.05) is 0 Å². The molecule has 4 nitrogen and oxygen atoms in total. The lowest BCUT2D eigenvalue weighted by molar-refractivity contribution is -0.145. The van der Waals surface area contributed by atoms with Crippen molar-refractivity contribution in [2.24, 2.45) is 5.92 Å². The lowest BCUT2D eigenvalue weighted by Gasteiger charge is -2.21. The number of rotatable bonds is 6. The molecule has 15 heavy (non-hydrogen) atoms. The van der Waals surface area contributed by atoms with Gasteiger partial charge in [0.15, 0.2) is 0 Å². The standard InChI is InChI=1S/C11H21NO3/c1-14-8-9-15-11(13)3-2-10-4-6-12-7-5-10/h10,12H,2-9H2,1H3. The van der Waals surface area contributed by atoms with E-state index < -0.39 is 0 Å². The van der Waals surface area contributed by atoms with Crippen LogP contribution in [0.5, 0.6) is 0 Å².